The predicted molar refractivity (Wildman–Crippen MR) is 80.4 cm³/mol. The third kappa shape index (κ3) is 2.51. The van der Waals surface area contributed by atoms with Gasteiger partial charge in [-0.2, -0.15) is 0 Å². The minimum atomic E-state index is -0.277. The van der Waals surface area contributed by atoms with Crippen LogP contribution in [0.1, 0.15) is 22.7 Å². The molecule has 1 heterocycles. The second-order valence-corrected chi connectivity index (χ2v) is 5.49. The van der Waals surface area contributed by atoms with Gasteiger partial charge in [0.2, 0.25) is 0 Å². The van der Waals surface area contributed by atoms with Gasteiger partial charge in [-0.15, -0.1) is 0 Å². The average molecular weight is 288 g/mol. The monoisotopic (exact) mass is 288 g/mol. The standard InChI is InChI=1S/C17H18F2N2/c1-11-2-5-15(19)14(8-11)17(10-20)21-7-6-12-3-4-13(18)9-16(12)21/h2-5,8-9,17H,6-7,10,20H2,1H3. The van der Waals surface area contributed by atoms with E-state index in [0.29, 0.717) is 5.56 Å². The second kappa shape index (κ2) is 5.45. The summed E-state index contributed by atoms with van der Waals surface area (Å²) in [7, 11) is 0. The SMILES string of the molecule is Cc1ccc(F)c(C(CN)N2CCc3ccc(F)cc32)c1. The molecule has 2 N–H and O–H groups in total. The molecular weight excluding hydrogens is 270 g/mol. The van der Waals surface area contributed by atoms with E-state index in [2.05, 4.69) is 0 Å². The lowest BCUT2D eigenvalue weighted by atomic mass is 10.0. The highest BCUT2D eigenvalue weighted by molar-refractivity contribution is 5.60. The zero-order valence-electron chi connectivity index (χ0n) is 11.9. The molecule has 2 aromatic carbocycles. The molecule has 1 aliphatic heterocycles. The molecule has 0 aliphatic carbocycles. The molecule has 110 valence electrons. The quantitative estimate of drug-likeness (QED) is 0.938. The minimum Gasteiger partial charge on any atom is -0.362 e. The number of halogens is 2. The summed E-state index contributed by atoms with van der Waals surface area (Å²) < 4.78 is 27.7. The van der Waals surface area contributed by atoms with Crippen LogP contribution in [0.5, 0.6) is 0 Å². The maximum absolute atomic E-state index is 14.2. The number of hydrogen-bond acceptors (Lipinski definition) is 2. The summed E-state index contributed by atoms with van der Waals surface area (Å²) in [6.45, 7) is 2.94. The van der Waals surface area contributed by atoms with Crippen molar-refractivity contribution in [3.05, 3.63) is 64.7 Å². The van der Waals surface area contributed by atoms with Gasteiger partial charge in [0, 0.05) is 24.3 Å². The Hall–Kier alpha value is -1.94. The van der Waals surface area contributed by atoms with Crippen molar-refractivity contribution >= 4 is 5.69 Å². The second-order valence-electron chi connectivity index (χ2n) is 5.49. The van der Waals surface area contributed by atoms with E-state index < -0.39 is 0 Å². The maximum atomic E-state index is 14.2. The molecule has 1 aliphatic rings. The first-order valence-electron chi connectivity index (χ1n) is 7.11. The van der Waals surface area contributed by atoms with Crippen molar-refractivity contribution in [3.8, 4) is 0 Å². The first kappa shape index (κ1) is 14.0. The molecule has 1 atom stereocenters. The number of nitrogens with two attached hydrogens (primary N) is 1. The lowest BCUT2D eigenvalue weighted by Gasteiger charge is -2.30. The van der Waals surface area contributed by atoms with E-state index in [0.717, 1.165) is 29.8 Å². The molecule has 21 heavy (non-hydrogen) atoms. The Morgan fingerprint density at radius 2 is 2.00 bits per heavy atom. The molecule has 0 saturated carbocycles. The number of aryl methyl sites for hydroxylation is 1. The van der Waals surface area contributed by atoms with E-state index in [1.54, 1.807) is 12.1 Å². The largest absolute Gasteiger partial charge is 0.362 e. The number of anilines is 1. The Kier molecular flexibility index (Phi) is 3.64. The molecule has 0 spiro atoms. The van der Waals surface area contributed by atoms with Gasteiger partial charge in [0.05, 0.1) is 6.04 Å². The third-order valence-corrected chi connectivity index (χ3v) is 4.09. The Labute approximate surface area is 123 Å². The molecule has 0 saturated heterocycles. The van der Waals surface area contributed by atoms with Crippen molar-refractivity contribution in [3.63, 3.8) is 0 Å². The number of nitrogens with zero attached hydrogens (tertiary/aromatic N) is 1. The highest BCUT2D eigenvalue weighted by atomic mass is 19.1. The van der Waals surface area contributed by atoms with Gasteiger partial charge in [-0.1, -0.05) is 23.8 Å². The van der Waals surface area contributed by atoms with Crippen molar-refractivity contribution in [2.45, 2.75) is 19.4 Å². The van der Waals surface area contributed by atoms with Crippen LogP contribution < -0.4 is 10.6 Å². The van der Waals surface area contributed by atoms with Crippen molar-refractivity contribution in [2.24, 2.45) is 5.73 Å². The van der Waals surface area contributed by atoms with Crippen molar-refractivity contribution in [1.82, 2.24) is 0 Å². The molecule has 3 rings (SSSR count). The van der Waals surface area contributed by atoms with Crippen LogP contribution in [0.3, 0.4) is 0 Å². The van der Waals surface area contributed by atoms with Crippen molar-refractivity contribution in [1.29, 1.82) is 0 Å². The van der Waals surface area contributed by atoms with E-state index in [9.17, 15) is 8.78 Å². The predicted octanol–water partition coefficient (Wildman–Crippen LogP) is 3.34. The van der Waals surface area contributed by atoms with Crippen LogP contribution in [0.25, 0.3) is 0 Å². The Morgan fingerprint density at radius 1 is 1.19 bits per heavy atom. The smallest absolute Gasteiger partial charge is 0.128 e. The molecule has 2 aromatic rings. The third-order valence-electron chi connectivity index (χ3n) is 4.09. The Morgan fingerprint density at radius 3 is 2.76 bits per heavy atom. The normalized spacial score (nSPS) is 15.1. The van der Waals surface area contributed by atoms with Gasteiger partial charge < -0.3 is 10.6 Å². The molecule has 0 aromatic heterocycles. The highest BCUT2D eigenvalue weighted by Gasteiger charge is 2.28. The van der Waals surface area contributed by atoms with Crippen LogP contribution in [-0.4, -0.2) is 13.1 Å². The number of rotatable bonds is 3. The molecule has 0 radical (unpaired) electrons. The molecule has 4 heteroatoms. The van der Waals surface area contributed by atoms with Crippen LogP contribution >= 0.6 is 0 Å². The fourth-order valence-electron chi connectivity index (χ4n) is 3.04. The lowest BCUT2D eigenvalue weighted by Crippen LogP contribution is -2.33. The van der Waals surface area contributed by atoms with Crippen LogP contribution in [0.4, 0.5) is 14.5 Å². The summed E-state index contributed by atoms with van der Waals surface area (Å²) in [5, 5.41) is 0. The molecule has 0 fully saturated rings. The average Bonchev–Trinajstić information content (AvgIpc) is 2.87. The first-order chi connectivity index (χ1) is 10.1. The number of benzene rings is 2. The fourth-order valence-corrected chi connectivity index (χ4v) is 3.04. The Bertz CT molecular complexity index is 670. The molecule has 0 bridgehead atoms. The first-order valence-corrected chi connectivity index (χ1v) is 7.11. The van der Waals surface area contributed by atoms with E-state index in [4.69, 9.17) is 5.73 Å². The van der Waals surface area contributed by atoms with Crippen LogP contribution in [0.15, 0.2) is 36.4 Å². The molecule has 1 unspecified atom stereocenters. The molecular formula is C17H18F2N2. The summed E-state index contributed by atoms with van der Waals surface area (Å²) in [5.41, 5.74) is 9.38. The molecule has 0 amide bonds. The fraction of sp³-hybridized carbons (Fsp3) is 0.294. The van der Waals surface area contributed by atoms with Gasteiger partial charge >= 0.3 is 0 Å². The van der Waals surface area contributed by atoms with Gasteiger partial charge in [-0.05, 0) is 37.1 Å². The van der Waals surface area contributed by atoms with E-state index in [1.807, 2.05) is 17.9 Å². The minimum absolute atomic E-state index is 0.263. The zero-order valence-corrected chi connectivity index (χ0v) is 11.9. The van der Waals surface area contributed by atoms with Gasteiger partial charge in [0.1, 0.15) is 11.6 Å². The summed E-state index contributed by atoms with van der Waals surface area (Å²) in [6, 6.07) is 9.54. The topological polar surface area (TPSA) is 29.3 Å². The summed E-state index contributed by atoms with van der Waals surface area (Å²) in [4.78, 5) is 2.01. The van der Waals surface area contributed by atoms with Crippen LogP contribution in [-0.2, 0) is 6.42 Å². The number of fused-ring (bicyclic) bond motifs is 1. The van der Waals surface area contributed by atoms with Crippen LogP contribution in [0.2, 0.25) is 0 Å². The highest BCUT2D eigenvalue weighted by Crippen LogP contribution is 2.36. The van der Waals surface area contributed by atoms with E-state index in [-0.39, 0.29) is 24.2 Å². The maximum Gasteiger partial charge on any atom is 0.128 e. The van der Waals surface area contributed by atoms with Crippen LogP contribution in [0, 0.1) is 18.6 Å². The zero-order chi connectivity index (χ0) is 15.0. The van der Waals surface area contributed by atoms with Crippen molar-refractivity contribution in [2.75, 3.05) is 18.0 Å². The molecule has 2 nitrogen and oxygen atoms in total. The van der Waals surface area contributed by atoms with E-state index >= 15 is 0 Å². The number of hydrogen-bond donors (Lipinski definition) is 1. The van der Waals surface area contributed by atoms with Gasteiger partial charge in [-0.3, -0.25) is 0 Å². The summed E-state index contributed by atoms with van der Waals surface area (Å²) in [6.07, 6.45) is 0.833. The van der Waals surface area contributed by atoms with E-state index in [1.165, 1.54) is 18.2 Å². The van der Waals surface area contributed by atoms with Crippen molar-refractivity contribution < 1.29 is 8.78 Å². The van der Waals surface area contributed by atoms with Gasteiger partial charge in [0.25, 0.3) is 0 Å². The summed E-state index contributed by atoms with van der Waals surface area (Å²) in [5.74, 6) is -0.540. The van der Waals surface area contributed by atoms with Gasteiger partial charge in [0.15, 0.2) is 0 Å². The lowest BCUT2D eigenvalue weighted by molar-refractivity contribution is 0.563. The van der Waals surface area contributed by atoms with Gasteiger partial charge in [-0.25, -0.2) is 8.78 Å². The Balaban J connectivity index is 2.03. The summed E-state index contributed by atoms with van der Waals surface area (Å²) >= 11 is 0.